The predicted octanol–water partition coefficient (Wildman–Crippen LogP) is 2.10. The van der Waals surface area contributed by atoms with Crippen LogP contribution in [0.1, 0.15) is 40.5 Å². The quantitative estimate of drug-likeness (QED) is 0.684. The molecule has 0 fully saturated rings. The van der Waals surface area contributed by atoms with Crippen LogP contribution in [0.3, 0.4) is 0 Å². The molecule has 0 aliphatic heterocycles. The summed E-state index contributed by atoms with van der Waals surface area (Å²) in [4.78, 5) is 35.4. The minimum atomic E-state index is -0.230. The minimum absolute atomic E-state index is 0.0603. The highest BCUT2D eigenvalue weighted by Crippen LogP contribution is 2.28. The standard InChI is InChI=1S/C13H18O3/c1-7(2)12(15)9-5-6-10(14)11(9)13(16)8(3)4/h7-8H,5-6H2,1-4H3. The summed E-state index contributed by atoms with van der Waals surface area (Å²) in [7, 11) is 0. The lowest BCUT2D eigenvalue weighted by molar-refractivity contribution is -0.123. The van der Waals surface area contributed by atoms with E-state index in [-0.39, 0.29) is 34.8 Å². The first-order valence-corrected chi connectivity index (χ1v) is 5.71. The molecule has 0 unspecified atom stereocenters. The maximum Gasteiger partial charge on any atom is 0.169 e. The predicted molar refractivity (Wildman–Crippen MR) is 61.0 cm³/mol. The monoisotopic (exact) mass is 222 g/mol. The van der Waals surface area contributed by atoms with Crippen LogP contribution in [-0.4, -0.2) is 17.3 Å². The third kappa shape index (κ3) is 2.29. The average molecular weight is 222 g/mol. The van der Waals surface area contributed by atoms with E-state index < -0.39 is 0 Å². The molecule has 0 amide bonds. The van der Waals surface area contributed by atoms with Crippen LogP contribution in [0.15, 0.2) is 11.1 Å². The van der Waals surface area contributed by atoms with Gasteiger partial charge < -0.3 is 0 Å². The van der Waals surface area contributed by atoms with Crippen molar-refractivity contribution in [2.75, 3.05) is 0 Å². The largest absolute Gasteiger partial charge is 0.294 e. The van der Waals surface area contributed by atoms with Gasteiger partial charge in [-0.1, -0.05) is 27.7 Å². The summed E-state index contributed by atoms with van der Waals surface area (Å²) in [6.45, 7) is 7.07. The number of carbonyl (C=O) groups excluding carboxylic acids is 3. The van der Waals surface area contributed by atoms with Crippen molar-refractivity contribution in [2.24, 2.45) is 11.8 Å². The van der Waals surface area contributed by atoms with Crippen LogP contribution in [0.5, 0.6) is 0 Å². The third-order valence-corrected chi connectivity index (χ3v) is 2.78. The molecule has 1 rings (SSSR count). The smallest absolute Gasteiger partial charge is 0.169 e. The number of rotatable bonds is 4. The molecule has 0 radical (unpaired) electrons. The molecule has 0 atom stereocenters. The van der Waals surface area contributed by atoms with E-state index in [1.165, 1.54) is 0 Å². The Kier molecular flexibility index (Phi) is 3.79. The maximum absolute atomic E-state index is 11.9. The lowest BCUT2D eigenvalue weighted by Gasteiger charge is -2.09. The van der Waals surface area contributed by atoms with E-state index in [2.05, 4.69) is 0 Å². The fourth-order valence-corrected chi connectivity index (χ4v) is 1.83. The molecule has 0 aromatic carbocycles. The van der Waals surface area contributed by atoms with Crippen molar-refractivity contribution in [3.8, 4) is 0 Å². The number of carbonyl (C=O) groups is 3. The zero-order valence-corrected chi connectivity index (χ0v) is 10.3. The fourth-order valence-electron chi connectivity index (χ4n) is 1.83. The molecule has 1 aliphatic rings. The Morgan fingerprint density at radius 3 is 1.88 bits per heavy atom. The van der Waals surface area contributed by atoms with Crippen molar-refractivity contribution in [2.45, 2.75) is 40.5 Å². The summed E-state index contributed by atoms with van der Waals surface area (Å²) >= 11 is 0. The van der Waals surface area contributed by atoms with Crippen LogP contribution < -0.4 is 0 Å². The van der Waals surface area contributed by atoms with E-state index in [4.69, 9.17) is 0 Å². The van der Waals surface area contributed by atoms with Gasteiger partial charge >= 0.3 is 0 Å². The number of ketones is 3. The molecule has 3 nitrogen and oxygen atoms in total. The van der Waals surface area contributed by atoms with E-state index in [1.807, 2.05) is 0 Å². The summed E-state index contributed by atoms with van der Waals surface area (Å²) in [5, 5.41) is 0. The number of allylic oxidation sites excluding steroid dienone is 2. The normalized spacial score (nSPS) is 16.5. The van der Waals surface area contributed by atoms with E-state index in [9.17, 15) is 14.4 Å². The second-order valence-electron chi connectivity index (χ2n) is 4.81. The van der Waals surface area contributed by atoms with Crippen molar-refractivity contribution in [1.82, 2.24) is 0 Å². The van der Waals surface area contributed by atoms with Gasteiger partial charge in [-0.25, -0.2) is 0 Å². The Bertz CT molecular complexity index is 373. The van der Waals surface area contributed by atoms with E-state index >= 15 is 0 Å². The van der Waals surface area contributed by atoms with E-state index in [0.29, 0.717) is 18.4 Å². The Balaban J connectivity index is 3.15. The lowest BCUT2D eigenvalue weighted by atomic mass is 9.92. The molecule has 0 saturated heterocycles. The van der Waals surface area contributed by atoms with Crippen molar-refractivity contribution in [3.05, 3.63) is 11.1 Å². The molecule has 3 heteroatoms. The number of hydrogen-bond acceptors (Lipinski definition) is 3. The summed E-state index contributed by atoms with van der Waals surface area (Å²) < 4.78 is 0. The van der Waals surface area contributed by atoms with Gasteiger partial charge in [0, 0.05) is 23.8 Å². The molecule has 1 aliphatic carbocycles. The first kappa shape index (κ1) is 12.8. The molecule has 0 heterocycles. The van der Waals surface area contributed by atoms with Gasteiger partial charge in [0.1, 0.15) is 0 Å². The molecule has 16 heavy (non-hydrogen) atoms. The third-order valence-electron chi connectivity index (χ3n) is 2.78. The summed E-state index contributed by atoms with van der Waals surface area (Å²) in [5.74, 6) is -0.799. The summed E-state index contributed by atoms with van der Waals surface area (Å²) in [6.07, 6.45) is 0.741. The second kappa shape index (κ2) is 4.73. The molecule has 0 spiro atoms. The molecule has 0 aromatic rings. The van der Waals surface area contributed by atoms with Crippen molar-refractivity contribution in [3.63, 3.8) is 0 Å². The molecular weight excluding hydrogens is 204 g/mol. The highest BCUT2D eigenvalue weighted by Gasteiger charge is 2.33. The van der Waals surface area contributed by atoms with E-state index in [1.54, 1.807) is 27.7 Å². The minimum Gasteiger partial charge on any atom is -0.294 e. The number of hydrogen-bond donors (Lipinski definition) is 0. The lowest BCUT2D eigenvalue weighted by Crippen LogP contribution is -2.19. The fraction of sp³-hybridized carbons (Fsp3) is 0.615. The van der Waals surface area contributed by atoms with Gasteiger partial charge in [0.2, 0.25) is 0 Å². The SMILES string of the molecule is CC(C)C(=O)C1=C(C(=O)C(C)C)C(=O)CC1. The Morgan fingerprint density at radius 1 is 0.938 bits per heavy atom. The average Bonchev–Trinajstić information content (AvgIpc) is 2.57. The second-order valence-corrected chi connectivity index (χ2v) is 4.81. The topological polar surface area (TPSA) is 51.2 Å². The summed E-state index contributed by atoms with van der Waals surface area (Å²) in [5.41, 5.74) is 0.632. The maximum atomic E-state index is 11.9. The summed E-state index contributed by atoms with van der Waals surface area (Å²) in [6, 6.07) is 0. The van der Waals surface area contributed by atoms with Crippen LogP contribution >= 0.6 is 0 Å². The van der Waals surface area contributed by atoms with Crippen molar-refractivity contribution in [1.29, 1.82) is 0 Å². The van der Waals surface area contributed by atoms with Gasteiger partial charge in [0.15, 0.2) is 17.3 Å². The van der Waals surface area contributed by atoms with Crippen LogP contribution in [0, 0.1) is 11.8 Å². The van der Waals surface area contributed by atoms with E-state index in [0.717, 1.165) is 0 Å². The number of Topliss-reactive ketones (excluding diaryl/α,β-unsaturated/α-hetero) is 3. The first-order valence-electron chi connectivity index (χ1n) is 5.71. The molecule has 0 saturated carbocycles. The first-order chi connectivity index (χ1) is 7.36. The van der Waals surface area contributed by atoms with Gasteiger partial charge in [-0.3, -0.25) is 14.4 Å². The Hall–Kier alpha value is -1.25. The molecule has 0 bridgehead atoms. The van der Waals surface area contributed by atoms with Gasteiger partial charge in [-0.2, -0.15) is 0 Å². The zero-order valence-electron chi connectivity index (χ0n) is 10.3. The van der Waals surface area contributed by atoms with Crippen LogP contribution in [0.4, 0.5) is 0 Å². The molecule has 88 valence electrons. The van der Waals surface area contributed by atoms with Crippen molar-refractivity contribution >= 4 is 17.3 Å². The van der Waals surface area contributed by atoms with Gasteiger partial charge in [-0.05, 0) is 6.42 Å². The Morgan fingerprint density at radius 2 is 1.44 bits per heavy atom. The molecule has 0 aromatic heterocycles. The van der Waals surface area contributed by atoms with Crippen LogP contribution in [0.2, 0.25) is 0 Å². The molecular formula is C13H18O3. The van der Waals surface area contributed by atoms with Crippen LogP contribution in [0.25, 0.3) is 0 Å². The van der Waals surface area contributed by atoms with Gasteiger partial charge in [0.05, 0.1) is 5.57 Å². The zero-order chi connectivity index (χ0) is 12.5. The van der Waals surface area contributed by atoms with Crippen molar-refractivity contribution < 1.29 is 14.4 Å². The Labute approximate surface area is 95.9 Å². The highest BCUT2D eigenvalue weighted by atomic mass is 16.2. The van der Waals surface area contributed by atoms with Crippen LogP contribution in [-0.2, 0) is 14.4 Å². The van der Waals surface area contributed by atoms with Gasteiger partial charge in [-0.15, -0.1) is 0 Å². The highest BCUT2D eigenvalue weighted by molar-refractivity contribution is 6.27. The van der Waals surface area contributed by atoms with Gasteiger partial charge in [0.25, 0.3) is 0 Å². The molecule has 0 N–H and O–H groups in total.